The van der Waals surface area contributed by atoms with Crippen molar-refractivity contribution < 1.29 is 19.5 Å². The molecule has 9 heteroatoms. The van der Waals surface area contributed by atoms with Crippen LogP contribution in [0.1, 0.15) is 21.5 Å². The van der Waals surface area contributed by atoms with E-state index in [4.69, 9.17) is 0 Å². The molecule has 0 aliphatic heterocycles. The van der Waals surface area contributed by atoms with Gasteiger partial charge in [-0.05, 0) is 35.4 Å². The van der Waals surface area contributed by atoms with Crippen molar-refractivity contribution >= 4 is 60.5 Å². The number of halogens is 2. The number of aliphatic carboxylic acids is 1. The van der Waals surface area contributed by atoms with E-state index in [1.807, 2.05) is 60.7 Å². The topological polar surface area (TPSA) is 103 Å². The lowest BCUT2D eigenvalue weighted by Crippen LogP contribution is -2.53. The SMILES string of the molecule is CN(C(=O)c1cc(Br)cc(Br)c1)[C@@H](Cc1ccccc1)C(=O)N[C@@H](Cc1c[nH]c2ccccc12)C(=O)O. The third-order valence-corrected chi connectivity index (χ3v) is 7.10. The average molecular weight is 627 g/mol. The summed E-state index contributed by atoms with van der Waals surface area (Å²) in [7, 11) is 1.56. The van der Waals surface area contributed by atoms with E-state index in [0.717, 1.165) is 22.0 Å². The van der Waals surface area contributed by atoms with E-state index >= 15 is 0 Å². The van der Waals surface area contributed by atoms with Crippen molar-refractivity contribution in [2.24, 2.45) is 0 Å². The summed E-state index contributed by atoms with van der Waals surface area (Å²) in [6, 6.07) is 20.0. The number of carbonyl (C=O) groups is 3. The first-order valence-electron chi connectivity index (χ1n) is 11.6. The molecule has 4 rings (SSSR count). The van der Waals surface area contributed by atoms with Crippen LogP contribution >= 0.6 is 31.9 Å². The lowest BCUT2D eigenvalue weighted by molar-refractivity contribution is -0.142. The summed E-state index contributed by atoms with van der Waals surface area (Å²) in [5.74, 6) is -2.05. The summed E-state index contributed by atoms with van der Waals surface area (Å²) in [4.78, 5) is 43.6. The molecule has 37 heavy (non-hydrogen) atoms. The maximum absolute atomic E-state index is 13.6. The van der Waals surface area contributed by atoms with Gasteiger partial charge < -0.3 is 20.3 Å². The van der Waals surface area contributed by atoms with Gasteiger partial charge in [-0.2, -0.15) is 0 Å². The monoisotopic (exact) mass is 625 g/mol. The van der Waals surface area contributed by atoms with Crippen LogP contribution < -0.4 is 5.32 Å². The number of aromatic nitrogens is 1. The predicted molar refractivity (Wildman–Crippen MR) is 149 cm³/mol. The summed E-state index contributed by atoms with van der Waals surface area (Å²) in [5, 5.41) is 13.5. The zero-order chi connectivity index (χ0) is 26.5. The number of rotatable bonds is 9. The standard InChI is InChI=1S/C28H25Br2N3O4/c1-33(27(35)18-12-20(29)15-21(30)13-18)25(11-17-7-3-2-4-8-17)26(34)32-24(28(36)37)14-19-16-31-23-10-6-5-9-22(19)23/h2-10,12-13,15-16,24-25,31H,11,14H2,1H3,(H,32,34)(H,36,37)/t24-,25-/m0/s1. The van der Waals surface area contributed by atoms with Gasteiger partial charge in [0.25, 0.3) is 5.91 Å². The van der Waals surface area contributed by atoms with Crippen LogP contribution in [0.25, 0.3) is 10.9 Å². The Morgan fingerprint density at radius 2 is 1.59 bits per heavy atom. The van der Waals surface area contributed by atoms with Gasteiger partial charge in [0.1, 0.15) is 12.1 Å². The van der Waals surface area contributed by atoms with Crippen LogP contribution in [-0.2, 0) is 22.4 Å². The predicted octanol–water partition coefficient (Wildman–Crippen LogP) is 5.19. The molecule has 0 fully saturated rings. The van der Waals surface area contributed by atoms with E-state index in [1.165, 1.54) is 4.90 Å². The Morgan fingerprint density at radius 1 is 0.946 bits per heavy atom. The van der Waals surface area contributed by atoms with Crippen molar-refractivity contribution in [1.82, 2.24) is 15.2 Å². The van der Waals surface area contributed by atoms with Crippen molar-refractivity contribution in [3.63, 3.8) is 0 Å². The number of hydrogen-bond acceptors (Lipinski definition) is 3. The molecule has 0 unspecified atom stereocenters. The number of likely N-dealkylation sites (N-methyl/N-ethyl adjacent to an activating group) is 1. The molecule has 0 aliphatic rings. The lowest BCUT2D eigenvalue weighted by Gasteiger charge is -2.29. The van der Waals surface area contributed by atoms with Gasteiger partial charge >= 0.3 is 5.97 Å². The Hall–Kier alpha value is -3.43. The molecule has 2 amide bonds. The first kappa shape index (κ1) is 26.6. The van der Waals surface area contributed by atoms with Gasteiger partial charge in [0.2, 0.25) is 5.91 Å². The van der Waals surface area contributed by atoms with Crippen molar-refractivity contribution in [1.29, 1.82) is 0 Å². The lowest BCUT2D eigenvalue weighted by atomic mass is 10.0. The van der Waals surface area contributed by atoms with E-state index in [-0.39, 0.29) is 18.7 Å². The van der Waals surface area contributed by atoms with E-state index in [9.17, 15) is 19.5 Å². The molecule has 4 aromatic rings. The second kappa shape index (κ2) is 11.7. The highest BCUT2D eigenvalue weighted by molar-refractivity contribution is 9.11. The molecule has 0 saturated heterocycles. The molecule has 0 spiro atoms. The number of nitrogens with zero attached hydrogens (tertiary/aromatic N) is 1. The van der Waals surface area contributed by atoms with E-state index in [1.54, 1.807) is 25.4 Å². The fraction of sp³-hybridized carbons (Fsp3) is 0.179. The largest absolute Gasteiger partial charge is 0.480 e. The molecule has 0 saturated carbocycles. The molecule has 1 heterocycles. The summed E-state index contributed by atoms with van der Waals surface area (Å²) in [6.45, 7) is 0. The number of H-pyrrole nitrogens is 1. The number of nitrogens with one attached hydrogen (secondary N) is 2. The number of amides is 2. The second-order valence-electron chi connectivity index (χ2n) is 8.74. The smallest absolute Gasteiger partial charge is 0.326 e. The Morgan fingerprint density at radius 3 is 2.27 bits per heavy atom. The Bertz CT molecular complexity index is 1420. The van der Waals surface area contributed by atoms with Crippen molar-refractivity contribution in [3.05, 3.63) is 105 Å². The molecular formula is C28H25Br2N3O4. The number of aromatic amines is 1. The fourth-order valence-electron chi connectivity index (χ4n) is 4.25. The number of carboxylic acid groups (broad SMARTS) is 1. The minimum absolute atomic E-state index is 0.0966. The number of carbonyl (C=O) groups excluding carboxylic acids is 2. The van der Waals surface area contributed by atoms with Gasteiger partial charge in [-0.25, -0.2) is 4.79 Å². The van der Waals surface area contributed by atoms with Gasteiger partial charge in [0.15, 0.2) is 0 Å². The molecule has 0 radical (unpaired) electrons. The number of benzene rings is 3. The zero-order valence-electron chi connectivity index (χ0n) is 19.9. The molecule has 0 aliphatic carbocycles. The molecule has 3 aromatic carbocycles. The van der Waals surface area contributed by atoms with Crippen molar-refractivity contribution in [2.45, 2.75) is 24.9 Å². The first-order chi connectivity index (χ1) is 17.7. The highest BCUT2D eigenvalue weighted by atomic mass is 79.9. The maximum atomic E-state index is 13.6. The fourth-order valence-corrected chi connectivity index (χ4v) is 5.55. The molecule has 7 nitrogen and oxygen atoms in total. The zero-order valence-corrected chi connectivity index (χ0v) is 23.1. The third kappa shape index (κ3) is 6.47. The highest BCUT2D eigenvalue weighted by Crippen LogP contribution is 2.23. The summed E-state index contributed by atoms with van der Waals surface area (Å²) >= 11 is 6.79. The average Bonchev–Trinajstić information content (AvgIpc) is 3.28. The Labute approximate surface area is 231 Å². The molecule has 0 bridgehead atoms. The second-order valence-corrected chi connectivity index (χ2v) is 10.6. The minimum atomic E-state index is -1.17. The number of fused-ring (bicyclic) bond motifs is 1. The summed E-state index contributed by atoms with van der Waals surface area (Å²) in [6.07, 6.45) is 2.08. The molecule has 1 aromatic heterocycles. The van der Waals surface area contributed by atoms with Crippen molar-refractivity contribution in [2.75, 3.05) is 7.05 Å². The quantitative estimate of drug-likeness (QED) is 0.238. The third-order valence-electron chi connectivity index (χ3n) is 6.19. The summed E-state index contributed by atoms with van der Waals surface area (Å²) < 4.78 is 1.43. The highest BCUT2D eigenvalue weighted by Gasteiger charge is 2.31. The van der Waals surface area contributed by atoms with E-state index < -0.39 is 24.0 Å². The van der Waals surface area contributed by atoms with Crippen LogP contribution in [0.4, 0.5) is 0 Å². The van der Waals surface area contributed by atoms with Gasteiger partial charge in [0, 0.05) is 51.5 Å². The van der Waals surface area contributed by atoms with Crippen LogP contribution in [0, 0.1) is 0 Å². The first-order valence-corrected chi connectivity index (χ1v) is 13.2. The molecule has 190 valence electrons. The normalized spacial score (nSPS) is 12.6. The maximum Gasteiger partial charge on any atom is 0.326 e. The van der Waals surface area contributed by atoms with E-state index in [0.29, 0.717) is 14.5 Å². The van der Waals surface area contributed by atoms with Gasteiger partial charge in [-0.1, -0.05) is 80.4 Å². The van der Waals surface area contributed by atoms with Crippen LogP contribution in [0.3, 0.4) is 0 Å². The van der Waals surface area contributed by atoms with Gasteiger partial charge in [0.05, 0.1) is 0 Å². The minimum Gasteiger partial charge on any atom is -0.480 e. The number of hydrogen-bond donors (Lipinski definition) is 3. The van der Waals surface area contributed by atoms with Crippen LogP contribution in [0.15, 0.2) is 87.9 Å². The Balaban J connectivity index is 1.60. The van der Waals surface area contributed by atoms with Gasteiger partial charge in [-0.3, -0.25) is 9.59 Å². The molecule has 3 N–H and O–H groups in total. The van der Waals surface area contributed by atoms with E-state index in [2.05, 4.69) is 42.2 Å². The summed E-state index contributed by atoms with van der Waals surface area (Å²) in [5.41, 5.74) is 2.91. The Kier molecular flexibility index (Phi) is 8.45. The molecule has 2 atom stereocenters. The number of carboxylic acids is 1. The van der Waals surface area contributed by atoms with Gasteiger partial charge in [-0.15, -0.1) is 0 Å². The van der Waals surface area contributed by atoms with Crippen LogP contribution in [0.2, 0.25) is 0 Å². The van der Waals surface area contributed by atoms with Crippen LogP contribution in [-0.4, -0.2) is 51.9 Å². The van der Waals surface area contributed by atoms with Crippen LogP contribution in [0.5, 0.6) is 0 Å². The van der Waals surface area contributed by atoms with Crippen molar-refractivity contribution in [3.8, 4) is 0 Å². The molecular weight excluding hydrogens is 602 g/mol. The number of para-hydroxylation sites is 1.